The first-order valence-electron chi connectivity index (χ1n) is 7.42. The molecule has 1 heterocycles. The Labute approximate surface area is 134 Å². The van der Waals surface area contributed by atoms with Crippen LogP contribution in [0.1, 0.15) is 30.6 Å². The van der Waals surface area contributed by atoms with Gasteiger partial charge < -0.3 is 10.4 Å². The van der Waals surface area contributed by atoms with Crippen LogP contribution in [0, 0.1) is 5.92 Å². The van der Waals surface area contributed by atoms with Crippen molar-refractivity contribution < 1.29 is 14.7 Å². The Kier molecular flexibility index (Phi) is 5.10. The minimum absolute atomic E-state index is 0.145. The molecule has 2 N–H and O–H groups in total. The third kappa shape index (κ3) is 3.94. The summed E-state index contributed by atoms with van der Waals surface area (Å²) in [6.45, 7) is 3.69. The molecule has 0 unspecified atom stereocenters. The molecule has 0 aliphatic carbocycles. The van der Waals surface area contributed by atoms with Crippen LogP contribution in [-0.4, -0.2) is 37.8 Å². The second-order valence-electron chi connectivity index (χ2n) is 5.49. The largest absolute Gasteiger partial charge is 0.480 e. The lowest BCUT2D eigenvalue weighted by molar-refractivity contribution is -0.140. The van der Waals surface area contributed by atoms with Crippen molar-refractivity contribution >= 4 is 11.9 Å². The molecule has 0 saturated heterocycles. The van der Waals surface area contributed by atoms with Crippen molar-refractivity contribution in [2.75, 3.05) is 0 Å². The smallest absolute Gasteiger partial charge is 0.326 e. The van der Waals surface area contributed by atoms with Gasteiger partial charge in [-0.05, 0) is 18.1 Å². The van der Waals surface area contributed by atoms with Gasteiger partial charge in [0.2, 0.25) is 0 Å². The van der Waals surface area contributed by atoms with Crippen LogP contribution in [0.3, 0.4) is 0 Å². The van der Waals surface area contributed by atoms with Gasteiger partial charge >= 0.3 is 5.97 Å². The maximum Gasteiger partial charge on any atom is 0.326 e. The molecule has 0 bridgehead atoms. The SMILES string of the molecule is CC[C@H](C)[C@H](NC(=O)c1ccc(-c2ncn(C)n2)cc1)C(=O)O. The normalized spacial score (nSPS) is 13.3. The molecule has 2 aromatic rings. The average Bonchev–Trinajstić information content (AvgIpc) is 2.98. The van der Waals surface area contributed by atoms with E-state index in [9.17, 15) is 14.7 Å². The predicted molar refractivity (Wildman–Crippen MR) is 84.8 cm³/mol. The number of aliphatic carboxylic acids is 1. The Balaban J connectivity index is 2.12. The van der Waals surface area contributed by atoms with Gasteiger partial charge in [-0.2, -0.15) is 5.10 Å². The fourth-order valence-electron chi connectivity index (χ4n) is 2.15. The number of hydrogen-bond acceptors (Lipinski definition) is 4. The molecule has 7 nitrogen and oxygen atoms in total. The molecule has 2 rings (SSSR count). The highest BCUT2D eigenvalue weighted by atomic mass is 16.4. The number of carbonyl (C=O) groups excluding carboxylic acids is 1. The van der Waals surface area contributed by atoms with E-state index in [1.165, 1.54) is 0 Å². The average molecular weight is 316 g/mol. The summed E-state index contributed by atoms with van der Waals surface area (Å²) in [7, 11) is 1.78. The first-order valence-corrected chi connectivity index (χ1v) is 7.42. The molecule has 0 saturated carbocycles. The zero-order chi connectivity index (χ0) is 17.0. The number of nitrogens with one attached hydrogen (secondary N) is 1. The van der Waals surface area contributed by atoms with Gasteiger partial charge in [-0.3, -0.25) is 9.48 Å². The second kappa shape index (κ2) is 7.04. The van der Waals surface area contributed by atoms with E-state index in [-0.39, 0.29) is 5.92 Å². The van der Waals surface area contributed by atoms with Crippen molar-refractivity contribution in [3.8, 4) is 11.4 Å². The van der Waals surface area contributed by atoms with E-state index >= 15 is 0 Å². The molecule has 0 fully saturated rings. The lowest BCUT2D eigenvalue weighted by Gasteiger charge is -2.20. The van der Waals surface area contributed by atoms with Gasteiger partial charge in [0, 0.05) is 18.2 Å². The van der Waals surface area contributed by atoms with Crippen LogP contribution in [0.4, 0.5) is 0 Å². The summed E-state index contributed by atoms with van der Waals surface area (Å²) in [6, 6.07) is 5.85. The zero-order valence-corrected chi connectivity index (χ0v) is 13.4. The van der Waals surface area contributed by atoms with E-state index in [0.717, 1.165) is 5.56 Å². The molecule has 0 radical (unpaired) electrons. The van der Waals surface area contributed by atoms with Gasteiger partial charge in [-0.1, -0.05) is 32.4 Å². The van der Waals surface area contributed by atoms with Crippen molar-refractivity contribution in [1.29, 1.82) is 0 Å². The molecular formula is C16H20N4O3. The molecule has 0 aliphatic rings. The second-order valence-corrected chi connectivity index (χ2v) is 5.49. The molecule has 23 heavy (non-hydrogen) atoms. The van der Waals surface area contributed by atoms with Crippen molar-refractivity contribution in [2.24, 2.45) is 13.0 Å². The summed E-state index contributed by atoms with van der Waals surface area (Å²) in [5.74, 6) is -1.00. The Bertz CT molecular complexity index is 694. The van der Waals surface area contributed by atoms with Crippen molar-refractivity contribution in [3.05, 3.63) is 36.2 Å². The van der Waals surface area contributed by atoms with Crippen LogP contribution < -0.4 is 5.32 Å². The summed E-state index contributed by atoms with van der Waals surface area (Å²) in [5.41, 5.74) is 1.19. The first kappa shape index (κ1) is 16.7. The number of aryl methyl sites for hydroxylation is 1. The number of aromatic nitrogens is 3. The van der Waals surface area contributed by atoms with Gasteiger partial charge in [0.15, 0.2) is 5.82 Å². The van der Waals surface area contributed by atoms with Crippen LogP contribution >= 0.6 is 0 Å². The number of benzene rings is 1. The van der Waals surface area contributed by atoms with Gasteiger partial charge in [-0.15, -0.1) is 0 Å². The van der Waals surface area contributed by atoms with Crippen LogP contribution in [0.2, 0.25) is 0 Å². The van der Waals surface area contributed by atoms with Crippen LogP contribution in [0.15, 0.2) is 30.6 Å². The number of carboxylic acids is 1. The molecular weight excluding hydrogens is 296 g/mol. The number of nitrogens with zero attached hydrogens (tertiary/aromatic N) is 3. The van der Waals surface area contributed by atoms with E-state index in [2.05, 4.69) is 15.4 Å². The summed E-state index contributed by atoms with van der Waals surface area (Å²) < 4.78 is 1.60. The fourth-order valence-corrected chi connectivity index (χ4v) is 2.15. The number of carboxylic acid groups (broad SMARTS) is 1. The van der Waals surface area contributed by atoms with Crippen molar-refractivity contribution in [2.45, 2.75) is 26.3 Å². The van der Waals surface area contributed by atoms with Crippen molar-refractivity contribution in [1.82, 2.24) is 20.1 Å². The number of carbonyl (C=O) groups is 2. The topological polar surface area (TPSA) is 97.1 Å². The molecule has 1 aromatic heterocycles. The molecule has 2 atom stereocenters. The first-order chi connectivity index (χ1) is 10.9. The Morgan fingerprint density at radius 1 is 1.30 bits per heavy atom. The van der Waals surface area contributed by atoms with Crippen LogP contribution in [-0.2, 0) is 11.8 Å². The maximum absolute atomic E-state index is 12.2. The Hall–Kier alpha value is -2.70. The van der Waals surface area contributed by atoms with E-state index in [4.69, 9.17) is 0 Å². The third-order valence-electron chi connectivity index (χ3n) is 3.77. The molecule has 122 valence electrons. The number of rotatable bonds is 6. The quantitative estimate of drug-likeness (QED) is 0.845. The summed E-state index contributed by atoms with van der Waals surface area (Å²) in [4.78, 5) is 27.6. The van der Waals surface area contributed by atoms with E-state index in [1.54, 1.807) is 49.2 Å². The standard InChI is InChI=1S/C16H20N4O3/c1-4-10(2)13(16(22)23)18-15(21)12-7-5-11(6-8-12)14-17-9-20(3)19-14/h5-10,13H,4H2,1-3H3,(H,18,21)(H,22,23)/t10-,13-/m0/s1. The van der Waals surface area contributed by atoms with E-state index < -0.39 is 17.9 Å². The minimum atomic E-state index is -1.03. The molecule has 0 spiro atoms. The van der Waals surface area contributed by atoms with Gasteiger partial charge in [-0.25, -0.2) is 9.78 Å². The Morgan fingerprint density at radius 2 is 1.96 bits per heavy atom. The molecule has 7 heteroatoms. The lowest BCUT2D eigenvalue weighted by Crippen LogP contribution is -2.45. The highest BCUT2D eigenvalue weighted by Gasteiger charge is 2.25. The van der Waals surface area contributed by atoms with Gasteiger partial charge in [0.1, 0.15) is 12.4 Å². The van der Waals surface area contributed by atoms with Crippen LogP contribution in [0.25, 0.3) is 11.4 Å². The highest BCUT2D eigenvalue weighted by molar-refractivity contribution is 5.97. The monoisotopic (exact) mass is 316 g/mol. The Morgan fingerprint density at radius 3 is 2.43 bits per heavy atom. The molecule has 0 aliphatic heterocycles. The van der Waals surface area contributed by atoms with Crippen molar-refractivity contribution in [3.63, 3.8) is 0 Å². The van der Waals surface area contributed by atoms with Crippen LogP contribution in [0.5, 0.6) is 0 Å². The number of amides is 1. The van der Waals surface area contributed by atoms with E-state index in [1.807, 2.05) is 6.92 Å². The van der Waals surface area contributed by atoms with E-state index in [0.29, 0.717) is 17.8 Å². The maximum atomic E-state index is 12.2. The fraction of sp³-hybridized carbons (Fsp3) is 0.375. The highest BCUT2D eigenvalue weighted by Crippen LogP contribution is 2.15. The summed E-state index contributed by atoms with van der Waals surface area (Å²) in [5, 5.41) is 16.0. The summed E-state index contributed by atoms with van der Waals surface area (Å²) >= 11 is 0. The summed E-state index contributed by atoms with van der Waals surface area (Å²) in [6.07, 6.45) is 2.26. The minimum Gasteiger partial charge on any atom is -0.480 e. The van der Waals surface area contributed by atoms with Gasteiger partial charge in [0.25, 0.3) is 5.91 Å². The number of hydrogen-bond donors (Lipinski definition) is 2. The third-order valence-corrected chi connectivity index (χ3v) is 3.77. The molecule has 1 amide bonds. The predicted octanol–water partition coefficient (Wildman–Crippen LogP) is 1.71. The van der Waals surface area contributed by atoms with Gasteiger partial charge in [0.05, 0.1) is 0 Å². The zero-order valence-electron chi connectivity index (χ0n) is 13.4. The lowest BCUT2D eigenvalue weighted by atomic mass is 9.99. The molecule has 1 aromatic carbocycles.